The molecule has 0 heterocycles. The van der Waals surface area contributed by atoms with Gasteiger partial charge in [0, 0.05) is 22.7 Å². The summed E-state index contributed by atoms with van der Waals surface area (Å²) >= 11 is 8.19. The third-order valence-electron chi connectivity index (χ3n) is 2.78. The van der Waals surface area contributed by atoms with E-state index in [0.29, 0.717) is 17.1 Å². The Hall–Kier alpha value is -1.07. The second kappa shape index (κ2) is 6.39. The lowest BCUT2D eigenvalue weighted by molar-refractivity contribution is 0.0785. The van der Waals surface area contributed by atoms with Gasteiger partial charge in [0.15, 0.2) is 0 Å². The van der Waals surface area contributed by atoms with Crippen molar-refractivity contribution in [3.63, 3.8) is 0 Å². The van der Waals surface area contributed by atoms with Gasteiger partial charge in [0.05, 0.1) is 5.02 Å². The molecule has 2 nitrogen and oxygen atoms in total. The summed E-state index contributed by atoms with van der Waals surface area (Å²) in [4.78, 5) is 14.0. The average molecular weight is 386 g/mol. The molecule has 0 aromatic heterocycles. The molecule has 2 aromatic carbocycles. The SMILES string of the molecule is CN(Cc1ccccc1)C(=O)c1ccc(I)c(Cl)c1. The monoisotopic (exact) mass is 385 g/mol. The third kappa shape index (κ3) is 3.70. The molecular weight excluding hydrogens is 373 g/mol. The molecular formula is C15H13ClINO. The molecule has 0 saturated carbocycles. The molecule has 0 N–H and O–H groups in total. The molecule has 19 heavy (non-hydrogen) atoms. The summed E-state index contributed by atoms with van der Waals surface area (Å²) < 4.78 is 0.946. The van der Waals surface area contributed by atoms with Crippen LogP contribution in [-0.4, -0.2) is 17.9 Å². The van der Waals surface area contributed by atoms with Crippen LogP contribution in [0.15, 0.2) is 48.5 Å². The molecule has 0 radical (unpaired) electrons. The number of amides is 1. The van der Waals surface area contributed by atoms with Gasteiger partial charge in [-0.1, -0.05) is 41.9 Å². The number of hydrogen-bond acceptors (Lipinski definition) is 1. The van der Waals surface area contributed by atoms with E-state index in [4.69, 9.17) is 11.6 Å². The number of benzene rings is 2. The van der Waals surface area contributed by atoms with E-state index >= 15 is 0 Å². The molecule has 0 spiro atoms. The van der Waals surface area contributed by atoms with E-state index in [0.717, 1.165) is 9.13 Å². The van der Waals surface area contributed by atoms with E-state index in [2.05, 4.69) is 22.6 Å². The highest BCUT2D eigenvalue weighted by molar-refractivity contribution is 14.1. The van der Waals surface area contributed by atoms with Crippen molar-refractivity contribution < 1.29 is 4.79 Å². The summed E-state index contributed by atoms with van der Waals surface area (Å²) in [5.74, 6) is -0.0258. The first kappa shape index (κ1) is 14.3. The van der Waals surface area contributed by atoms with Gasteiger partial charge in [0.25, 0.3) is 5.91 Å². The molecule has 2 aromatic rings. The fraction of sp³-hybridized carbons (Fsp3) is 0.133. The summed E-state index contributed by atoms with van der Waals surface area (Å²) in [6.45, 7) is 0.587. The van der Waals surface area contributed by atoms with Gasteiger partial charge in [-0.3, -0.25) is 4.79 Å². The van der Waals surface area contributed by atoms with Crippen LogP contribution >= 0.6 is 34.2 Å². The summed E-state index contributed by atoms with van der Waals surface area (Å²) in [5, 5.41) is 0.611. The second-order valence-electron chi connectivity index (χ2n) is 4.28. The lowest BCUT2D eigenvalue weighted by atomic mass is 10.1. The van der Waals surface area contributed by atoms with Crippen LogP contribution in [0.3, 0.4) is 0 Å². The minimum atomic E-state index is -0.0258. The van der Waals surface area contributed by atoms with Gasteiger partial charge in [-0.15, -0.1) is 0 Å². The molecule has 0 aliphatic rings. The summed E-state index contributed by atoms with van der Waals surface area (Å²) in [7, 11) is 1.79. The van der Waals surface area contributed by atoms with Crippen molar-refractivity contribution in [3.05, 3.63) is 68.3 Å². The summed E-state index contributed by atoms with van der Waals surface area (Å²) in [6.07, 6.45) is 0. The van der Waals surface area contributed by atoms with E-state index in [1.54, 1.807) is 24.1 Å². The molecule has 0 atom stereocenters. The van der Waals surface area contributed by atoms with Gasteiger partial charge in [-0.2, -0.15) is 0 Å². The van der Waals surface area contributed by atoms with Crippen LogP contribution in [0.2, 0.25) is 5.02 Å². The Kier molecular flexibility index (Phi) is 4.82. The van der Waals surface area contributed by atoms with Crippen LogP contribution in [-0.2, 0) is 6.54 Å². The Labute approximate surface area is 131 Å². The first-order valence-corrected chi connectivity index (χ1v) is 7.28. The molecule has 0 saturated heterocycles. The Bertz CT molecular complexity index is 586. The Balaban J connectivity index is 2.12. The maximum absolute atomic E-state index is 12.3. The van der Waals surface area contributed by atoms with Gasteiger partial charge in [-0.05, 0) is 46.4 Å². The highest BCUT2D eigenvalue weighted by Crippen LogP contribution is 2.20. The molecule has 0 aliphatic heterocycles. The van der Waals surface area contributed by atoms with E-state index in [1.807, 2.05) is 36.4 Å². The zero-order valence-electron chi connectivity index (χ0n) is 10.4. The lowest BCUT2D eigenvalue weighted by Gasteiger charge is -2.17. The minimum Gasteiger partial charge on any atom is -0.337 e. The zero-order chi connectivity index (χ0) is 13.8. The highest BCUT2D eigenvalue weighted by atomic mass is 127. The average Bonchev–Trinajstić information content (AvgIpc) is 2.42. The minimum absolute atomic E-state index is 0.0258. The maximum Gasteiger partial charge on any atom is 0.253 e. The number of halogens is 2. The maximum atomic E-state index is 12.3. The van der Waals surface area contributed by atoms with E-state index in [1.165, 1.54) is 0 Å². The Morgan fingerprint density at radius 2 is 1.89 bits per heavy atom. The highest BCUT2D eigenvalue weighted by Gasteiger charge is 2.13. The van der Waals surface area contributed by atoms with E-state index < -0.39 is 0 Å². The van der Waals surface area contributed by atoms with Crippen molar-refractivity contribution >= 4 is 40.1 Å². The Morgan fingerprint density at radius 1 is 1.21 bits per heavy atom. The quantitative estimate of drug-likeness (QED) is 0.725. The van der Waals surface area contributed by atoms with E-state index in [-0.39, 0.29) is 5.91 Å². The second-order valence-corrected chi connectivity index (χ2v) is 5.85. The van der Waals surface area contributed by atoms with Crippen LogP contribution in [0.25, 0.3) is 0 Å². The van der Waals surface area contributed by atoms with Gasteiger partial charge in [-0.25, -0.2) is 0 Å². The lowest BCUT2D eigenvalue weighted by Crippen LogP contribution is -2.26. The summed E-state index contributed by atoms with van der Waals surface area (Å²) in [6, 6.07) is 15.3. The van der Waals surface area contributed by atoms with E-state index in [9.17, 15) is 4.79 Å². The normalized spacial score (nSPS) is 10.3. The summed E-state index contributed by atoms with van der Waals surface area (Å²) in [5.41, 5.74) is 1.72. The topological polar surface area (TPSA) is 20.3 Å². The molecule has 0 aliphatic carbocycles. The van der Waals surface area contributed by atoms with Crippen LogP contribution < -0.4 is 0 Å². The number of carbonyl (C=O) groups excluding carboxylic acids is 1. The third-order valence-corrected chi connectivity index (χ3v) is 4.35. The molecule has 2 rings (SSSR count). The van der Waals surface area contributed by atoms with Crippen LogP contribution in [0.1, 0.15) is 15.9 Å². The number of rotatable bonds is 3. The van der Waals surface area contributed by atoms with Gasteiger partial charge in [0.2, 0.25) is 0 Å². The van der Waals surface area contributed by atoms with Crippen molar-refractivity contribution in [1.82, 2.24) is 4.90 Å². The van der Waals surface area contributed by atoms with Crippen molar-refractivity contribution in [3.8, 4) is 0 Å². The largest absolute Gasteiger partial charge is 0.337 e. The Morgan fingerprint density at radius 3 is 2.53 bits per heavy atom. The first-order valence-electron chi connectivity index (χ1n) is 5.82. The number of carbonyl (C=O) groups is 1. The van der Waals surface area contributed by atoms with Crippen molar-refractivity contribution in [2.45, 2.75) is 6.54 Å². The molecule has 1 amide bonds. The molecule has 0 bridgehead atoms. The van der Waals surface area contributed by atoms with Gasteiger partial charge < -0.3 is 4.90 Å². The predicted octanol–water partition coefficient (Wildman–Crippen LogP) is 4.22. The van der Waals surface area contributed by atoms with Crippen LogP contribution in [0, 0.1) is 3.57 Å². The van der Waals surface area contributed by atoms with Crippen molar-refractivity contribution in [1.29, 1.82) is 0 Å². The van der Waals surface area contributed by atoms with Crippen LogP contribution in [0.4, 0.5) is 0 Å². The fourth-order valence-corrected chi connectivity index (χ4v) is 2.29. The fourth-order valence-electron chi connectivity index (χ4n) is 1.78. The zero-order valence-corrected chi connectivity index (χ0v) is 13.4. The van der Waals surface area contributed by atoms with Gasteiger partial charge in [0.1, 0.15) is 0 Å². The molecule has 0 unspecified atom stereocenters. The molecule has 0 fully saturated rings. The number of hydrogen-bond donors (Lipinski definition) is 0. The van der Waals surface area contributed by atoms with Crippen molar-refractivity contribution in [2.75, 3.05) is 7.05 Å². The van der Waals surface area contributed by atoms with Crippen molar-refractivity contribution in [2.24, 2.45) is 0 Å². The van der Waals surface area contributed by atoms with Crippen LogP contribution in [0.5, 0.6) is 0 Å². The van der Waals surface area contributed by atoms with Gasteiger partial charge >= 0.3 is 0 Å². The number of nitrogens with zero attached hydrogens (tertiary/aromatic N) is 1. The smallest absolute Gasteiger partial charge is 0.253 e. The predicted molar refractivity (Wildman–Crippen MR) is 86.4 cm³/mol. The molecule has 4 heteroatoms. The molecule has 98 valence electrons. The first-order chi connectivity index (χ1) is 9.08. The standard InChI is InChI=1S/C15H13ClINO/c1-18(10-11-5-3-2-4-6-11)15(19)12-7-8-14(17)13(16)9-12/h2-9H,10H2,1H3.